The minimum atomic E-state index is 0.513. The van der Waals surface area contributed by atoms with Gasteiger partial charge < -0.3 is 0 Å². The van der Waals surface area contributed by atoms with Crippen LogP contribution in [0.5, 0.6) is 0 Å². The first-order chi connectivity index (χ1) is 9.06. The van der Waals surface area contributed by atoms with Crippen molar-refractivity contribution in [3.05, 3.63) is 66.3 Å². The van der Waals surface area contributed by atoms with Gasteiger partial charge in [-0.25, -0.2) is 0 Å². The summed E-state index contributed by atoms with van der Waals surface area (Å²) in [6, 6.07) is 16.4. The molecule has 98 valence electrons. The molecular weight excluding hydrogens is 460 g/mol. The SMILES string of the molecule is Cc1cccc(C)c1I.N#CCc1ccccc1I. The van der Waals surface area contributed by atoms with E-state index in [2.05, 4.69) is 83.3 Å². The predicted molar refractivity (Wildman–Crippen MR) is 97.1 cm³/mol. The average Bonchev–Trinajstić information content (AvgIpc) is 2.40. The van der Waals surface area contributed by atoms with E-state index in [-0.39, 0.29) is 0 Å². The summed E-state index contributed by atoms with van der Waals surface area (Å²) in [6.07, 6.45) is 0.513. The number of hydrogen-bond acceptors (Lipinski definition) is 1. The highest BCUT2D eigenvalue weighted by atomic mass is 127. The van der Waals surface area contributed by atoms with Crippen molar-refractivity contribution in [1.82, 2.24) is 0 Å². The van der Waals surface area contributed by atoms with Gasteiger partial charge >= 0.3 is 0 Å². The summed E-state index contributed by atoms with van der Waals surface area (Å²) in [7, 11) is 0. The first kappa shape index (κ1) is 16.4. The molecule has 0 fully saturated rings. The Balaban J connectivity index is 0.000000191. The van der Waals surface area contributed by atoms with Gasteiger partial charge in [0.15, 0.2) is 0 Å². The first-order valence-corrected chi connectivity index (χ1v) is 8.04. The van der Waals surface area contributed by atoms with Gasteiger partial charge in [-0.1, -0.05) is 36.4 Å². The van der Waals surface area contributed by atoms with Gasteiger partial charge in [-0.2, -0.15) is 5.26 Å². The van der Waals surface area contributed by atoms with Gasteiger partial charge in [0.25, 0.3) is 0 Å². The predicted octanol–water partition coefficient (Wildman–Crippen LogP) is 5.27. The van der Waals surface area contributed by atoms with Gasteiger partial charge in [0.2, 0.25) is 0 Å². The molecular formula is C16H15I2N. The summed E-state index contributed by atoms with van der Waals surface area (Å²) in [5.74, 6) is 0. The zero-order valence-corrected chi connectivity index (χ0v) is 15.3. The van der Waals surface area contributed by atoms with Crippen LogP contribution in [-0.4, -0.2) is 0 Å². The second kappa shape index (κ2) is 8.54. The highest BCUT2D eigenvalue weighted by Crippen LogP contribution is 2.14. The fraction of sp³-hybridized carbons (Fsp3) is 0.188. The lowest BCUT2D eigenvalue weighted by molar-refractivity contribution is 1.24. The van der Waals surface area contributed by atoms with E-state index in [1.807, 2.05) is 24.3 Å². The van der Waals surface area contributed by atoms with Gasteiger partial charge in [-0.05, 0) is 81.8 Å². The van der Waals surface area contributed by atoms with Crippen molar-refractivity contribution in [1.29, 1.82) is 5.26 Å². The van der Waals surface area contributed by atoms with Crippen molar-refractivity contribution in [2.45, 2.75) is 20.3 Å². The molecule has 0 atom stereocenters. The quantitative estimate of drug-likeness (QED) is 0.517. The van der Waals surface area contributed by atoms with Crippen LogP contribution in [0.15, 0.2) is 42.5 Å². The number of nitriles is 1. The minimum absolute atomic E-state index is 0.513. The summed E-state index contributed by atoms with van der Waals surface area (Å²) in [6.45, 7) is 4.27. The molecule has 0 unspecified atom stereocenters. The van der Waals surface area contributed by atoms with Gasteiger partial charge in [-0.15, -0.1) is 0 Å². The van der Waals surface area contributed by atoms with Gasteiger partial charge in [0, 0.05) is 7.14 Å². The third-order valence-corrected chi connectivity index (χ3v) is 5.37. The topological polar surface area (TPSA) is 23.8 Å². The van der Waals surface area contributed by atoms with Crippen LogP contribution in [-0.2, 0) is 6.42 Å². The third kappa shape index (κ3) is 5.49. The van der Waals surface area contributed by atoms with Crippen LogP contribution >= 0.6 is 45.2 Å². The van der Waals surface area contributed by atoms with E-state index in [1.54, 1.807) is 0 Å². The Morgan fingerprint density at radius 3 is 2.00 bits per heavy atom. The lowest BCUT2D eigenvalue weighted by Gasteiger charge is -1.98. The molecule has 0 aromatic heterocycles. The van der Waals surface area contributed by atoms with Crippen LogP contribution in [0.3, 0.4) is 0 Å². The van der Waals surface area contributed by atoms with Crippen molar-refractivity contribution in [3.63, 3.8) is 0 Å². The Kier molecular flexibility index (Phi) is 7.39. The first-order valence-electron chi connectivity index (χ1n) is 5.88. The maximum atomic E-state index is 8.39. The Morgan fingerprint density at radius 1 is 0.947 bits per heavy atom. The third-order valence-electron chi connectivity index (χ3n) is 2.61. The zero-order chi connectivity index (χ0) is 14.3. The van der Waals surface area contributed by atoms with Gasteiger partial charge in [0.1, 0.15) is 0 Å². The summed E-state index contributed by atoms with van der Waals surface area (Å²) in [5, 5.41) is 8.39. The van der Waals surface area contributed by atoms with Crippen LogP contribution in [0.25, 0.3) is 0 Å². The van der Waals surface area contributed by atoms with Crippen molar-refractivity contribution >= 4 is 45.2 Å². The fourth-order valence-corrected chi connectivity index (χ4v) is 2.46. The average molecular weight is 475 g/mol. The molecule has 0 N–H and O–H groups in total. The maximum absolute atomic E-state index is 8.39. The van der Waals surface area contributed by atoms with Crippen LogP contribution < -0.4 is 0 Å². The zero-order valence-electron chi connectivity index (χ0n) is 11.0. The van der Waals surface area contributed by atoms with Crippen LogP contribution in [0, 0.1) is 32.3 Å². The Morgan fingerprint density at radius 2 is 1.53 bits per heavy atom. The lowest BCUT2D eigenvalue weighted by Crippen LogP contribution is -1.84. The van der Waals surface area contributed by atoms with Crippen molar-refractivity contribution in [2.24, 2.45) is 0 Å². The molecule has 0 saturated carbocycles. The molecule has 0 saturated heterocycles. The van der Waals surface area contributed by atoms with E-state index < -0.39 is 0 Å². The molecule has 0 aliphatic heterocycles. The molecule has 0 aliphatic carbocycles. The van der Waals surface area contributed by atoms with Crippen LogP contribution in [0.2, 0.25) is 0 Å². The second-order valence-electron chi connectivity index (χ2n) is 4.13. The molecule has 0 aliphatic rings. The smallest absolute Gasteiger partial charge is 0.0670 e. The molecule has 3 heteroatoms. The van der Waals surface area contributed by atoms with E-state index >= 15 is 0 Å². The van der Waals surface area contributed by atoms with Crippen LogP contribution in [0.1, 0.15) is 16.7 Å². The molecule has 0 radical (unpaired) electrons. The van der Waals surface area contributed by atoms with Crippen molar-refractivity contribution < 1.29 is 0 Å². The Bertz CT molecular complexity index is 565. The summed E-state index contributed by atoms with van der Waals surface area (Å²) in [4.78, 5) is 0. The van der Waals surface area contributed by atoms with E-state index in [0.29, 0.717) is 6.42 Å². The number of hydrogen-bond donors (Lipinski definition) is 0. The summed E-state index contributed by atoms with van der Waals surface area (Å²) in [5.41, 5.74) is 3.86. The molecule has 0 spiro atoms. The summed E-state index contributed by atoms with van der Waals surface area (Å²) < 4.78 is 2.55. The fourth-order valence-electron chi connectivity index (χ4n) is 1.52. The minimum Gasteiger partial charge on any atom is -0.198 e. The highest BCUT2D eigenvalue weighted by molar-refractivity contribution is 14.1. The summed E-state index contributed by atoms with van der Waals surface area (Å²) >= 11 is 4.60. The monoisotopic (exact) mass is 475 g/mol. The van der Waals surface area contributed by atoms with Crippen molar-refractivity contribution in [3.8, 4) is 6.07 Å². The largest absolute Gasteiger partial charge is 0.198 e. The van der Waals surface area contributed by atoms with E-state index in [0.717, 1.165) is 5.56 Å². The number of aryl methyl sites for hydroxylation is 2. The maximum Gasteiger partial charge on any atom is 0.0670 e. The number of rotatable bonds is 1. The standard InChI is InChI=1S/C8H6IN.C8H9I/c9-8-4-2-1-3-7(8)5-6-10;1-6-4-3-5-7(2)8(6)9/h1-4H,5H2;3-5H,1-2H3. The number of halogens is 2. The molecule has 2 rings (SSSR count). The number of benzene rings is 2. The molecule has 2 aromatic rings. The van der Waals surface area contributed by atoms with Gasteiger partial charge in [0.05, 0.1) is 12.5 Å². The Labute approximate surface area is 142 Å². The molecule has 0 amide bonds. The highest BCUT2D eigenvalue weighted by Gasteiger charge is 1.94. The van der Waals surface area contributed by atoms with E-state index in [9.17, 15) is 0 Å². The van der Waals surface area contributed by atoms with E-state index in [1.165, 1.54) is 18.3 Å². The molecule has 0 bridgehead atoms. The van der Waals surface area contributed by atoms with Crippen molar-refractivity contribution in [2.75, 3.05) is 0 Å². The molecule has 2 aromatic carbocycles. The van der Waals surface area contributed by atoms with Crippen LogP contribution in [0.4, 0.5) is 0 Å². The normalized spacial score (nSPS) is 9.21. The molecule has 19 heavy (non-hydrogen) atoms. The molecule has 0 heterocycles. The lowest BCUT2D eigenvalue weighted by atomic mass is 10.2. The van der Waals surface area contributed by atoms with Gasteiger partial charge in [-0.3, -0.25) is 0 Å². The second-order valence-corrected chi connectivity index (χ2v) is 6.37. The van der Waals surface area contributed by atoms with E-state index in [4.69, 9.17) is 5.26 Å². The number of nitrogens with zero attached hydrogens (tertiary/aromatic N) is 1. The Hall–Kier alpha value is -0.610. The molecule has 1 nitrogen and oxygen atoms in total.